The molecule has 2 heterocycles. The predicted molar refractivity (Wildman–Crippen MR) is 94.8 cm³/mol. The lowest BCUT2D eigenvalue weighted by Crippen LogP contribution is -2.43. The normalized spacial score (nSPS) is 16.3. The van der Waals surface area contributed by atoms with Gasteiger partial charge in [-0.2, -0.15) is 8.78 Å². The molecule has 1 atom stereocenters. The minimum Gasteiger partial charge on any atom is -0.433 e. The lowest BCUT2D eigenvalue weighted by atomic mass is 10.0. The van der Waals surface area contributed by atoms with Gasteiger partial charge in [-0.15, -0.1) is 11.3 Å². The standard InChI is InChI=1S/C18H19F3N2O3S/c19-13-3-1-2-12(10-13)14(23-5-7-25-8-6-23)11-22-17(24)16-15(4-9-27-16)26-18(20)21/h1-4,9-10,14,18H,5-8,11H2,(H,22,24). The molecule has 0 radical (unpaired) electrons. The molecule has 146 valence electrons. The third kappa shape index (κ3) is 5.21. The van der Waals surface area contributed by atoms with Gasteiger partial charge in [-0.1, -0.05) is 12.1 Å². The first-order valence-corrected chi connectivity index (χ1v) is 9.30. The summed E-state index contributed by atoms with van der Waals surface area (Å²) in [5, 5.41) is 4.27. The maximum absolute atomic E-state index is 13.7. The van der Waals surface area contributed by atoms with Crippen LogP contribution < -0.4 is 10.1 Å². The van der Waals surface area contributed by atoms with E-state index < -0.39 is 12.5 Å². The van der Waals surface area contributed by atoms with E-state index in [9.17, 15) is 18.0 Å². The molecular formula is C18H19F3N2O3S. The number of alkyl halides is 2. The number of ether oxygens (including phenoxy) is 2. The van der Waals surface area contributed by atoms with Crippen molar-refractivity contribution >= 4 is 17.2 Å². The van der Waals surface area contributed by atoms with E-state index in [2.05, 4.69) is 15.0 Å². The van der Waals surface area contributed by atoms with Gasteiger partial charge in [-0.25, -0.2) is 4.39 Å². The Labute approximate surface area is 158 Å². The number of carbonyl (C=O) groups is 1. The molecule has 0 saturated carbocycles. The van der Waals surface area contributed by atoms with E-state index in [1.807, 2.05) is 0 Å². The van der Waals surface area contributed by atoms with E-state index in [1.165, 1.54) is 23.6 Å². The lowest BCUT2D eigenvalue weighted by Gasteiger charge is -2.35. The Morgan fingerprint density at radius 1 is 1.30 bits per heavy atom. The predicted octanol–water partition coefficient (Wildman–Crippen LogP) is 3.29. The Morgan fingerprint density at radius 3 is 2.78 bits per heavy atom. The van der Waals surface area contributed by atoms with Crippen molar-refractivity contribution in [3.05, 3.63) is 52.0 Å². The van der Waals surface area contributed by atoms with Crippen LogP contribution >= 0.6 is 11.3 Å². The number of hydrogen-bond donors (Lipinski definition) is 1. The number of amides is 1. The van der Waals surface area contributed by atoms with E-state index in [0.29, 0.717) is 26.3 Å². The highest BCUT2D eigenvalue weighted by Gasteiger charge is 2.25. The van der Waals surface area contributed by atoms with Gasteiger partial charge in [0.1, 0.15) is 16.4 Å². The Kier molecular flexibility index (Phi) is 6.70. The first-order chi connectivity index (χ1) is 13.0. The van der Waals surface area contributed by atoms with Crippen LogP contribution in [0.15, 0.2) is 35.7 Å². The first kappa shape index (κ1) is 19.7. The zero-order chi connectivity index (χ0) is 19.2. The highest BCUT2D eigenvalue weighted by molar-refractivity contribution is 7.12. The van der Waals surface area contributed by atoms with E-state index >= 15 is 0 Å². The van der Waals surface area contributed by atoms with Crippen molar-refractivity contribution < 1.29 is 27.4 Å². The van der Waals surface area contributed by atoms with E-state index in [1.54, 1.807) is 12.1 Å². The van der Waals surface area contributed by atoms with Gasteiger partial charge in [0, 0.05) is 19.6 Å². The molecular weight excluding hydrogens is 381 g/mol. The molecule has 1 N–H and O–H groups in total. The second kappa shape index (κ2) is 9.20. The summed E-state index contributed by atoms with van der Waals surface area (Å²) in [7, 11) is 0. The van der Waals surface area contributed by atoms with Gasteiger partial charge in [0.15, 0.2) is 0 Å². The van der Waals surface area contributed by atoms with E-state index in [-0.39, 0.29) is 29.0 Å². The fourth-order valence-corrected chi connectivity index (χ4v) is 3.72. The van der Waals surface area contributed by atoms with Crippen molar-refractivity contribution in [2.24, 2.45) is 0 Å². The second-order valence-electron chi connectivity index (χ2n) is 5.92. The third-order valence-electron chi connectivity index (χ3n) is 4.23. The van der Waals surface area contributed by atoms with Gasteiger partial charge in [-0.05, 0) is 29.1 Å². The van der Waals surface area contributed by atoms with Crippen LogP contribution in [0.2, 0.25) is 0 Å². The fraction of sp³-hybridized carbons (Fsp3) is 0.389. The number of benzene rings is 1. The monoisotopic (exact) mass is 400 g/mol. The molecule has 1 aromatic carbocycles. The van der Waals surface area contributed by atoms with Crippen molar-refractivity contribution in [3.63, 3.8) is 0 Å². The van der Waals surface area contributed by atoms with E-state index in [0.717, 1.165) is 16.9 Å². The van der Waals surface area contributed by atoms with Crippen molar-refractivity contribution in [1.29, 1.82) is 0 Å². The molecule has 9 heteroatoms. The SMILES string of the molecule is O=C(NCC(c1cccc(F)c1)N1CCOCC1)c1sccc1OC(F)F. The van der Waals surface area contributed by atoms with Crippen LogP contribution in [0.5, 0.6) is 5.75 Å². The molecule has 1 aliphatic rings. The summed E-state index contributed by atoms with van der Waals surface area (Å²) in [6.07, 6.45) is 0. The van der Waals surface area contributed by atoms with Crippen LogP contribution in [-0.2, 0) is 4.74 Å². The van der Waals surface area contributed by atoms with Crippen LogP contribution in [0, 0.1) is 5.82 Å². The first-order valence-electron chi connectivity index (χ1n) is 8.42. The maximum Gasteiger partial charge on any atom is 0.387 e. The number of rotatable bonds is 7. The smallest absolute Gasteiger partial charge is 0.387 e. The highest BCUT2D eigenvalue weighted by atomic mass is 32.1. The summed E-state index contributed by atoms with van der Waals surface area (Å²) in [5.41, 5.74) is 0.729. The van der Waals surface area contributed by atoms with Gasteiger partial charge in [-0.3, -0.25) is 9.69 Å². The number of nitrogens with zero attached hydrogens (tertiary/aromatic N) is 1. The highest BCUT2D eigenvalue weighted by Crippen LogP contribution is 2.27. The van der Waals surface area contributed by atoms with Gasteiger partial charge < -0.3 is 14.8 Å². The largest absolute Gasteiger partial charge is 0.433 e. The minimum atomic E-state index is -3.00. The van der Waals surface area contributed by atoms with Crippen LogP contribution in [0.1, 0.15) is 21.3 Å². The summed E-state index contributed by atoms with van der Waals surface area (Å²) in [6, 6.07) is 7.28. The Balaban J connectivity index is 1.72. The molecule has 0 aliphatic carbocycles. The van der Waals surface area contributed by atoms with Crippen LogP contribution in [-0.4, -0.2) is 50.3 Å². The molecule has 1 aliphatic heterocycles. The summed E-state index contributed by atoms with van der Waals surface area (Å²) in [6.45, 7) is -0.395. The van der Waals surface area contributed by atoms with Gasteiger partial charge in [0.2, 0.25) is 0 Å². The molecule has 1 unspecified atom stereocenters. The quantitative estimate of drug-likeness (QED) is 0.775. The Hall–Kier alpha value is -2.10. The van der Waals surface area contributed by atoms with Gasteiger partial charge in [0.25, 0.3) is 5.91 Å². The topological polar surface area (TPSA) is 50.8 Å². The zero-order valence-corrected chi connectivity index (χ0v) is 15.2. The maximum atomic E-state index is 13.7. The molecule has 0 bridgehead atoms. The zero-order valence-electron chi connectivity index (χ0n) is 14.4. The van der Waals surface area contributed by atoms with Gasteiger partial charge in [0.05, 0.1) is 19.3 Å². The van der Waals surface area contributed by atoms with Crippen LogP contribution in [0.25, 0.3) is 0 Å². The number of carbonyl (C=O) groups excluding carboxylic acids is 1. The second-order valence-corrected chi connectivity index (χ2v) is 6.84. The Morgan fingerprint density at radius 2 is 2.07 bits per heavy atom. The third-order valence-corrected chi connectivity index (χ3v) is 5.12. The number of thiophene rings is 1. The average molecular weight is 400 g/mol. The minimum absolute atomic E-state index is 0.0790. The number of hydrogen-bond acceptors (Lipinski definition) is 5. The molecule has 1 amide bonds. The van der Waals surface area contributed by atoms with E-state index in [4.69, 9.17) is 4.74 Å². The van der Waals surface area contributed by atoms with Gasteiger partial charge >= 0.3 is 6.61 Å². The number of morpholine rings is 1. The van der Waals surface area contributed by atoms with Crippen molar-refractivity contribution in [2.45, 2.75) is 12.7 Å². The molecule has 1 saturated heterocycles. The molecule has 2 aromatic rings. The van der Waals surface area contributed by atoms with Crippen LogP contribution in [0.4, 0.5) is 13.2 Å². The fourth-order valence-electron chi connectivity index (χ4n) is 2.98. The molecule has 27 heavy (non-hydrogen) atoms. The van der Waals surface area contributed by atoms with Crippen molar-refractivity contribution in [3.8, 4) is 5.75 Å². The molecule has 1 aromatic heterocycles. The summed E-state index contributed by atoms with van der Waals surface area (Å²) >= 11 is 1.02. The molecule has 0 spiro atoms. The molecule has 3 rings (SSSR count). The summed E-state index contributed by atoms with van der Waals surface area (Å²) in [5.74, 6) is -1.01. The number of nitrogens with one attached hydrogen (secondary N) is 1. The number of halogens is 3. The average Bonchev–Trinajstić information content (AvgIpc) is 3.10. The summed E-state index contributed by atoms with van der Waals surface area (Å²) in [4.78, 5) is 14.6. The van der Waals surface area contributed by atoms with Crippen molar-refractivity contribution in [2.75, 3.05) is 32.8 Å². The summed E-state index contributed by atoms with van der Waals surface area (Å²) < 4.78 is 48.3. The molecule has 5 nitrogen and oxygen atoms in total. The van der Waals surface area contributed by atoms with Crippen molar-refractivity contribution in [1.82, 2.24) is 10.2 Å². The Bertz CT molecular complexity index is 766. The van der Waals surface area contributed by atoms with Crippen LogP contribution in [0.3, 0.4) is 0 Å². The molecule has 1 fully saturated rings. The lowest BCUT2D eigenvalue weighted by molar-refractivity contribution is -0.0498.